The molecule has 0 aromatic carbocycles. The second kappa shape index (κ2) is 4.73. The molecule has 0 aliphatic carbocycles. The fourth-order valence-corrected chi connectivity index (χ4v) is 0.332. The minimum absolute atomic E-state index is 0.588. The van der Waals surface area contributed by atoms with Crippen LogP contribution in [0.2, 0.25) is 0 Å². The summed E-state index contributed by atoms with van der Waals surface area (Å²) in [6.07, 6.45) is 0. The van der Waals surface area contributed by atoms with Crippen molar-refractivity contribution in [2.45, 2.75) is 0 Å². The maximum atomic E-state index is 10.4. The number of carbonyl (C=O) groups is 1. The Morgan fingerprint density at radius 1 is 1.70 bits per heavy atom. The first-order chi connectivity index (χ1) is 4.76. The van der Waals surface area contributed by atoms with Gasteiger partial charge in [-0.1, -0.05) is 0 Å². The van der Waals surface area contributed by atoms with E-state index >= 15 is 0 Å². The predicted molar refractivity (Wildman–Crippen MR) is 29.4 cm³/mol. The van der Waals surface area contributed by atoms with Gasteiger partial charge in [0.15, 0.2) is 12.7 Å². The summed E-state index contributed by atoms with van der Waals surface area (Å²) < 4.78 is 4.02. The van der Waals surface area contributed by atoms with Crippen LogP contribution >= 0.6 is 0 Å². The molecule has 0 saturated heterocycles. The normalized spacial score (nSPS) is 11.7. The maximum absolute atomic E-state index is 10.4. The highest BCUT2D eigenvalue weighted by Crippen LogP contribution is 1.94. The number of aliphatic hydroxyl groups excluding tert-OH is 2. The molecule has 0 aromatic heterocycles. The van der Waals surface area contributed by atoms with Crippen molar-refractivity contribution in [3.05, 3.63) is 0 Å². The molecule has 1 atom stereocenters. The molecule has 0 bridgehead atoms. The Morgan fingerprint density at radius 2 is 2.30 bits per heavy atom. The van der Waals surface area contributed by atoms with Crippen LogP contribution in [0.25, 0.3) is 0 Å². The van der Waals surface area contributed by atoms with Crippen molar-refractivity contribution >= 4 is 5.97 Å². The molecule has 56 valence electrons. The molecule has 0 aliphatic heterocycles. The van der Waals surface area contributed by atoms with Crippen molar-refractivity contribution in [1.29, 1.82) is 5.26 Å². The molecule has 0 amide bonds. The maximum Gasteiger partial charge on any atom is 0.327 e. The number of aliphatic hydroxyl groups is 2. The van der Waals surface area contributed by atoms with Gasteiger partial charge in [-0.15, -0.1) is 0 Å². The van der Waals surface area contributed by atoms with E-state index in [1.165, 1.54) is 6.07 Å². The van der Waals surface area contributed by atoms with Crippen LogP contribution in [0.1, 0.15) is 0 Å². The van der Waals surface area contributed by atoms with Crippen LogP contribution in [0.4, 0.5) is 0 Å². The molecule has 5 heteroatoms. The molecular weight excluding hydrogens is 138 g/mol. The molecule has 0 saturated carbocycles. The minimum atomic E-state index is -1.19. The third kappa shape index (κ3) is 2.44. The lowest BCUT2D eigenvalue weighted by Gasteiger charge is -2.02. The van der Waals surface area contributed by atoms with Crippen molar-refractivity contribution in [1.82, 2.24) is 0 Å². The lowest BCUT2D eigenvalue weighted by Crippen LogP contribution is -2.19. The summed E-state index contributed by atoms with van der Waals surface area (Å²) in [7, 11) is 0. The third-order valence-corrected chi connectivity index (χ3v) is 0.830. The number of carbonyl (C=O) groups excluding carboxylic acids is 1. The Hall–Kier alpha value is -1.12. The minimum Gasteiger partial charge on any atom is -0.438 e. The van der Waals surface area contributed by atoms with Crippen LogP contribution < -0.4 is 0 Å². The monoisotopic (exact) mass is 145 g/mol. The Balaban J connectivity index is 3.80. The van der Waals surface area contributed by atoms with Gasteiger partial charge in [0.2, 0.25) is 0 Å². The average molecular weight is 145 g/mol. The van der Waals surface area contributed by atoms with E-state index in [1.807, 2.05) is 0 Å². The number of hydrogen-bond acceptors (Lipinski definition) is 5. The van der Waals surface area contributed by atoms with Gasteiger partial charge in [0.1, 0.15) is 0 Å². The van der Waals surface area contributed by atoms with Gasteiger partial charge < -0.3 is 14.9 Å². The molecule has 0 aromatic rings. The number of nitrogens with zero attached hydrogens (tertiary/aromatic N) is 1. The number of rotatable bonds is 3. The Kier molecular flexibility index (Phi) is 4.20. The SMILES string of the molecule is N#CC(CO)C(=O)OCO. The van der Waals surface area contributed by atoms with E-state index < -0.39 is 25.3 Å². The van der Waals surface area contributed by atoms with Crippen LogP contribution in [-0.4, -0.2) is 29.6 Å². The van der Waals surface area contributed by atoms with Gasteiger partial charge in [0.05, 0.1) is 12.7 Å². The van der Waals surface area contributed by atoms with Gasteiger partial charge in [-0.3, -0.25) is 4.79 Å². The highest BCUT2D eigenvalue weighted by Gasteiger charge is 2.17. The van der Waals surface area contributed by atoms with Gasteiger partial charge >= 0.3 is 5.97 Å². The molecule has 0 radical (unpaired) electrons. The zero-order chi connectivity index (χ0) is 7.98. The molecule has 10 heavy (non-hydrogen) atoms. The Labute approximate surface area is 57.5 Å². The summed E-state index contributed by atoms with van der Waals surface area (Å²) in [5, 5.41) is 24.5. The molecule has 0 heterocycles. The summed E-state index contributed by atoms with van der Waals surface area (Å²) in [6.45, 7) is -1.35. The number of hydrogen-bond donors (Lipinski definition) is 2. The largest absolute Gasteiger partial charge is 0.438 e. The summed E-state index contributed by atoms with van der Waals surface area (Å²) in [5.41, 5.74) is 0. The summed E-state index contributed by atoms with van der Waals surface area (Å²) in [5.74, 6) is -2.10. The number of nitriles is 1. The van der Waals surface area contributed by atoms with Crippen molar-refractivity contribution in [2.75, 3.05) is 13.4 Å². The standard InChI is InChI=1S/C5H7NO4/c6-1-4(2-7)5(9)10-3-8/h4,7-8H,2-3H2. The van der Waals surface area contributed by atoms with Gasteiger partial charge in [-0.05, 0) is 0 Å². The van der Waals surface area contributed by atoms with Crippen molar-refractivity contribution in [3.8, 4) is 6.07 Å². The molecule has 0 spiro atoms. The van der Waals surface area contributed by atoms with Crippen LogP contribution in [0, 0.1) is 17.2 Å². The van der Waals surface area contributed by atoms with Gasteiger partial charge in [-0.25, -0.2) is 0 Å². The summed E-state index contributed by atoms with van der Waals surface area (Å²) in [4.78, 5) is 10.4. The molecule has 0 aliphatic rings. The van der Waals surface area contributed by atoms with Gasteiger partial charge in [0, 0.05) is 0 Å². The van der Waals surface area contributed by atoms with Crippen molar-refractivity contribution in [2.24, 2.45) is 5.92 Å². The third-order valence-electron chi connectivity index (χ3n) is 0.830. The van der Waals surface area contributed by atoms with E-state index in [-0.39, 0.29) is 0 Å². The lowest BCUT2D eigenvalue weighted by molar-refractivity contribution is -0.155. The second-order valence-corrected chi connectivity index (χ2v) is 1.46. The first-order valence-electron chi connectivity index (χ1n) is 2.54. The Morgan fingerprint density at radius 3 is 2.60 bits per heavy atom. The van der Waals surface area contributed by atoms with E-state index in [2.05, 4.69) is 4.74 Å². The summed E-state index contributed by atoms with van der Waals surface area (Å²) in [6, 6.07) is 1.50. The number of esters is 1. The van der Waals surface area contributed by atoms with Crippen LogP contribution in [0.3, 0.4) is 0 Å². The zero-order valence-corrected chi connectivity index (χ0v) is 5.15. The zero-order valence-electron chi connectivity index (χ0n) is 5.15. The highest BCUT2D eigenvalue weighted by atomic mass is 16.6. The highest BCUT2D eigenvalue weighted by molar-refractivity contribution is 5.75. The van der Waals surface area contributed by atoms with E-state index in [0.717, 1.165) is 0 Å². The molecule has 1 unspecified atom stereocenters. The molecule has 0 rings (SSSR count). The molecule has 5 nitrogen and oxygen atoms in total. The van der Waals surface area contributed by atoms with E-state index in [1.54, 1.807) is 0 Å². The quantitative estimate of drug-likeness (QED) is 0.377. The topological polar surface area (TPSA) is 90.5 Å². The molecular formula is C5H7NO4. The average Bonchev–Trinajstić information content (AvgIpc) is 1.91. The predicted octanol–water partition coefficient (Wildman–Crippen LogP) is -1.39. The van der Waals surface area contributed by atoms with Crippen LogP contribution in [0.15, 0.2) is 0 Å². The first-order valence-corrected chi connectivity index (χ1v) is 2.54. The van der Waals surface area contributed by atoms with Crippen LogP contribution in [-0.2, 0) is 9.53 Å². The van der Waals surface area contributed by atoms with Gasteiger partial charge in [0.25, 0.3) is 0 Å². The van der Waals surface area contributed by atoms with E-state index in [9.17, 15) is 4.79 Å². The van der Waals surface area contributed by atoms with Crippen molar-refractivity contribution < 1.29 is 19.7 Å². The fourth-order valence-electron chi connectivity index (χ4n) is 0.332. The van der Waals surface area contributed by atoms with Gasteiger partial charge in [-0.2, -0.15) is 5.26 Å². The summed E-state index contributed by atoms with van der Waals surface area (Å²) >= 11 is 0. The first kappa shape index (κ1) is 8.88. The molecule has 2 N–H and O–H groups in total. The smallest absolute Gasteiger partial charge is 0.327 e. The Bertz CT molecular complexity index is 150. The van der Waals surface area contributed by atoms with E-state index in [0.29, 0.717) is 0 Å². The lowest BCUT2D eigenvalue weighted by atomic mass is 10.2. The number of ether oxygens (including phenoxy) is 1. The van der Waals surface area contributed by atoms with Crippen LogP contribution in [0.5, 0.6) is 0 Å². The second-order valence-electron chi connectivity index (χ2n) is 1.46. The van der Waals surface area contributed by atoms with E-state index in [4.69, 9.17) is 15.5 Å². The fraction of sp³-hybridized carbons (Fsp3) is 0.600. The van der Waals surface area contributed by atoms with Crippen molar-refractivity contribution in [3.63, 3.8) is 0 Å². The molecule has 0 fully saturated rings.